The van der Waals surface area contributed by atoms with Crippen molar-refractivity contribution < 1.29 is 53.9 Å². The van der Waals surface area contributed by atoms with Crippen LogP contribution in [0, 0.1) is 5.92 Å². The number of benzene rings is 1. The van der Waals surface area contributed by atoms with E-state index in [4.69, 9.17) is 0 Å². The van der Waals surface area contributed by atoms with Gasteiger partial charge in [0.1, 0.15) is 5.01 Å². The fourth-order valence-electron chi connectivity index (χ4n) is 2.41. The number of amides is 1. The normalized spacial score (nSPS) is 13.1. The van der Waals surface area contributed by atoms with Crippen LogP contribution >= 0.6 is 11.3 Å². The predicted octanol–water partition coefficient (Wildman–Crippen LogP) is 5.68. The number of rotatable bonds is 8. The molecule has 0 spiro atoms. The highest BCUT2D eigenvalue weighted by Gasteiger charge is 2.54. The lowest BCUT2D eigenvalue weighted by Gasteiger charge is -2.24. The van der Waals surface area contributed by atoms with Crippen LogP contribution in [-0.4, -0.2) is 47.4 Å². The first-order valence-corrected chi connectivity index (χ1v) is 11.2. The van der Waals surface area contributed by atoms with Crippen LogP contribution in [0.5, 0.6) is 0 Å². The first-order chi connectivity index (χ1) is 17.3. The summed E-state index contributed by atoms with van der Waals surface area (Å²) in [5.74, 6) is -6.90. The molecule has 0 aliphatic carbocycles. The van der Waals surface area contributed by atoms with E-state index in [1.54, 1.807) is 12.3 Å². The van der Waals surface area contributed by atoms with Gasteiger partial charge in [0.2, 0.25) is 5.91 Å². The monoisotopic (exact) mass is 577 g/mol. The molecule has 2 rings (SSSR count). The Morgan fingerprint density at radius 3 is 1.84 bits per heavy atom. The number of alkyl halides is 9. The van der Waals surface area contributed by atoms with Gasteiger partial charge in [-0.15, -0.1) is 11.3 Å². The number of halogens is 9. The number of hydrogen-bond donors (Lipinski definition) is 2. The molecule has 1 aromatic carbocycles. The van der Waals surface area contributed by atoms with Crippen molar-refractivity contribution in [3.63, 3.8) is 0 Å². The standard InChI is InChI=1S/C18H20F3N3OS.C4F6O2/c1-12(2)15(11-23-16(25)7-8-17-22-9-10-26-17)24-14-5-3-13(4-6-14)18(19,20)21;5-3(6,7)1(11)2(12)4(8,9)10/h3-10,12,15,24H,11H2,1-2H3,(H,23,25);/b8-7+;/t15-;/m0./s1. The second-order valence-corrected chi connectivity index (χ2v) is 8.60. The first kappa shape index (κ1) is 32.6. The first-order valence-electron chi connectivity index (χ1n) is 10.3. The number of carbonyl (C=O) groups is 3. The van der Waals surface area contributed by atoms with E-state index < -0.39 is 35.7 Å². The molecule has 0 saturated carbocycles. The van der Waals surface area contributed by atoms with Crippen LogP contribution in [0.25, 0.3) is 6.08 Å². The molecular weight excluding hydrogens is 557 g/mol. The lowest BCUT2D eigenvalue weighted by Crippen LogP contribution is -2.39. The molecule has 1 heterocycles. The number of ketones is 2. The predicted molar refractivity (Wildman–Crippen MR) is 120 cm³/mol. The number of anilines is 1. The van der Waals surface area contributed by atoms with Crippen LogP contribution in [0.4, 0.5) is 45.2 Å². The molecule has 0 radical (unpaired) electrons. The van der Waals surface area contributed by atoms with Crippen LogP contribution < -0.4 is 10.6 Å². The van der Waals surface area contributed by atoms with Gasteiger partial charge in [0.15, 0.2) is 0 Å². The van der Waals surface area contributed by atoms with Gasteiger partial charge in [0, 0.05) is 35.9 Å². The highest BCUT2D eigenvalue weighted by atomic mass is 32.1. The largest absolute Gasteiger partial charge is 0.458 e. The maximum Gasteiger partial charge on any atom is 0.458 e. The second kappa shape index (κ2) is 13.4. The van der Waals surface area contributed by atoms with Crippen LogP contribution in [-0.2, 0) is 20.6 Å². The minimum absolute atomic E-state index is 0.121. The molecule has 1 amide bonds. The minimum atomic E-state index is -5.77. The van der Waals surface area contributed by atoms with Crippen molar-refractivity contribution in [1.82, 2.24) is 10.3 Å². The van der Waals surface area contributed by atoms with Crippen molar-refractivity contribution in [3.05, 3.63) is 52.5 Å². The van der Waals surface area contributed by atoms with Crippen molar-refractivity contribution in [3.8, 4) is 0 Å². The Kier molecular flexibility index (Phi) is 11.5. The third-order valence-corrected chi connectivity index (χ3v) is 5.16. The Morgan fingerprint density at radius 1 is 0.921 bits per heavy atom. The van der Waals surface area contributed by atoms with Gasteiger partial charge < -0.3 is 10.6 Å². The van der Waals surface area contributed by atoms with Crippen molar-refractivity contribution in [2.45, 2.75) is 38.4 Å². The third kappa shape index (κ3) is 11.3. The minimum Gasteiger partial charge on any atom is -0.380 e. The zero-order chi connectivity index (χ0) is 29.3. The van der Waals surface area contributed by atoms with E-state index in [2.05, 4.69) is 15.6 Å². The molecule has 2 aromatic rings. The summed E-state index contributed by atoms with van der Waals surface area (Å²) in [7, 11) is 0. The van der Waals surface area contributed by atoms with Gasteiger partial charge in [-0.05, 0) is 36.3 Å². The number of Topliss-reactive ketones (excluding diaryl/α,β-unsaturated/α-hetero) is 2. The molecule has 0 aliphatic heterocycles. The number of nitrogens with one attached hydrogen (secondary N) is 2. The van der Waals surface area contributed by atoms with Crippen molar-refractivity contribution in [1.29, 1.82) is 0 Å². The van der Waals surface area contributed by atoms with Crippen LogP contribution in [0.15, 0.2) is 41.9 Å². The molecule has 1 atom stereocenters. The summed E-state index contributed by atoms with van der Waals surface area (Å²) < 4.78 is 105. The van der Waals surface area contributed by atoms with E-state index in [-0.39, 0.29) is 17.9 Å². The van der Waals surface area contributed by atoms with E-state index in [0.717, 1.165) is 17.1 Å². The fraction of sp³-hybridized carbons (Fsp3) is 0.364. The molecule has 38 heavy (non-hydrogen) atoms. The quantitative estimate of drug-likeness (QED) is 0.240. The summed E-state index contributed by atoms with van der Waals surface area (Å²) >= 11 is 1.43. The molecule has 16 heteroatoms. The lowest BCUT2D eigenvalue weighted by molar-refractivity contribution is -0.193. The zero-order valence-corrected chi connectivity index (χ0v) is 20.3. The molecule has 0 bridgehead atoms. The van der Waals surface area contributed by atoms with Gasteiger partial charge in [0.05, 0.1) is 5.56 Å². The van der Waals surface area contributed by atoms with Crippen molar-refractivity contribution >= 4 is 40.6 Å². The molecule has 2 N–H and O–H groups in total. The number of aromatic nitrogens is 1. The number of nitrogens with zero attached hydrogens (tertiary/aromatic N) is 1. The molecule has 0 aliphatic rings. The smallest absolute Gasteiger partial charge is 0.380 e. The maximum absolute atomic E-state index is 12.6. The third-order valence-electron chi connectivity index (χ3n) is 4.42. The van der Waals surface area contributed by atoms with E-state index in [9.17, 15) is 53.9 Å². The van der Waals surface area contributed by atoms with Gasteiger partial charge in [0.25, 0.3) is 0 Å². The molecule has 0 saturated heterocycles. The summed E-state index contributed by atoms with van der Waals surface area (Å²) in [5, 5.41) is 8.52. The van der Waals surface area contributed by atoms with Gasteiger partial charge in [-0.2, -0.15) is 39.5 Å². The highest BCUT2D eigenvalue weighted by molar-refractivity contribution is 7.10. The van der Waals surface area contributed by atoms with Gasteiger partial charge in [-0.1, -0.05) is 13.8 Å². The Bertz CT molecular complexity index is 1070. The fourth-order valence-corrected chi connectivity index (χ4v) is 2.94. The maximum atomic E-state index is 12.6. The van der Waals surface area contributed by atoms with E-state index in [0.29, 0.717) is 12.2 Å². The SMILES string of the molecule is CC(C)[C@H](CNC(=O)/C=C/c1nccs1)Nc1ccc(C(F)(F)F)cc1.O=C(C(=O)C(F)(F)F)C(F)(F)F. The Hall–Kier alpha value is -3.43. The molecule has 0 unspecified atom stereocenters. The van der Waals surface area contributed by atoms with Gasteiger partial charge >= 0.3 is 30.1 Å². The van der Waals surface area contributed by atoms with E-state index in [1.807, 2.05) is 19.2 Å². The average Bonchev–Trinajstić information content (AvgIpc) is 3.32. The molecule has 0 fully saturated rings. The number of thiazole rings is 1. The number of carbonyl (C=O) groups excluding carboxylic acids is 3. The average molecular weight is 577 g/mol. The highest BCUT2D eigenvalue weighted by Crippen LogP contribution is 2.30. The summed E-state index contributed by atoms with van der Waals surface area (Å²) in [6.45, 7) is 4.29. The van der Waals surface area contributed by atoms with Crippen LogP contribution in [0.1, 0.15) is 24.4 Å². The molecular formula is C22H20F9N3O3S. The molecule has 1 aromatic heterocycles. The van der Waals surface area contributed by atoms with Crippen LogP contribution in [0.3, 0.4) is 0 Å². The Morgan fingerprint density at radius 2 is 1.45 bits per heavy atom. The lowest BCUT2D eigenvalue weighted by atomic mass is 10.0. The zero-order valence-electron chi connectivity index (χ0n) is 19.5. The topological polar surface area (TPSA) is 88.2 Å². The summed E-state index contributed by atoms with van der Waals surface area (Å²) in [6.07, 6.45) is -11.2. The number of hydrogen-bond acceptors (Lipinski definition) is 6. The second-order valence-electron chi connectivity index (χ2n) is 7.67. The van der Waals surface area contributed by atoms with E-state index >= 15 is 0 Å². The summed E-state index contributed by atoms with van der Waals surface area (Å²) in [6, 6.07) is 4.73. The summed E-state index contributed by atoms with van der Waals surface area (Å²) in [4.78, 5) is 35.2. The van der Waals surface area contributed by atoms with E-state index in [1.165, 1.54) is 29.5 Å². The van der Waals surface area contributed by atoms with Crippen molar-refractivity contribution in [2.24, 2.45) is 5.92 Å². The molecule has 210 valence electrons. The Balaban J connectivity index is 0.000000508. The molecule has 6 nitrogen and oxygen atoms in total. The summed E-state index contributed by atoms with van der Waals surface area (Å²) in [5.41, 5.74) is -0.117. The van der Waals surface area contributed by atoms with Gasteiger partial charge in [-0.25, -0.2) is 4.98 Å². The van der Waals surface area contributed by atoms with Crippen molar-refractivity contribution in [2.75, 3.05) is 11.9 Å². The Labute approximate surface area is 213 Å². The van der Waals surface area contributed by atoms with Crippen LogP contribution in [0.2, 0.25) is 0 Å². The van der Waals surface area contributed by atoms with Gasteiger partial charge in [-0.3, -0.25) is 14.4 Å².